The van der Waals surface area contributed by atoms with Crippen LogP contribution in [0.2, 0.25) is 0 Å². The van der Waals surface area contributed by atoms with Gasteiger partial charge in [-0.15, -0.1) is 0 Å². The molecule has 0 saturated carbocycles. The number of rotatable bonds is 7. The molecule has 1 saturated heterocycles. The Morgan fingerprint density at radius 2 is 1.73 bits per heavy atom. The Bertz CT molecular complexity index is 1160. The lowest BCUT2D eigenvalue weighted by atomic mass is 10.2. The molecule has 11 heteroatoms. The van der Waals surface area contributed by atoms with Crippen molar-refractivity contribution in [1.82, 2.24) is 4.31 Å². The van der Waals surface area contributed by atoms with Gasteiger partial charge in [0, 0.05) is 13.1 Å². The summed E-state index contributed by atoms with van der Waals surface area (Å²) in [6.45, 7) is -0.146. The Morgan fingerprint density at radius 3 is 2.42 bits per heavy atom. The molecule has 1 heterocycles. The number of anilines is 1. The van der Waals surface area contributed by atoms with Crippen molar-refractivity contribution in [3.05, 3.63) is 59.4 Å². The van der Waals surface area contributed by atoms with E-state index in [1.165, 1.54) is 23.5 Å². The molecule has 0 aromatic heterocycles. The van der Waals surface area contributed by atoms with Crippen molar-refractivity contribution in [3.63, 3.8) is 0 Å². The lowest BCUT2D eigenvalue weighted by Crippen LogP contribution is -2.36. The summed E-state index contributed by atoms with van der Waals surface area (Å²) in [6, 6.07) is 8.98. The van der Waals surface area contributed by atoms with Gasteiger partial charge in [-0.2, -0.15) is 4.31 Å². The first-order chi connectivity index (χ1) is 15.7. The Hall–Kier alpha value is -3.31. The lowest BCUT2D eigenvalue weighted by Gasteiger charge is -2.26. The average Bonchev–Trinajstić information content (AvgIpc) is 2.83. The zero-order chi connectivity index (χ0) is 24.0. The third kappa shape index (κ3) is 5.74. The van der Waals surface area contributed by atoms with Crippen molar-refractivity contribution >= 4 is 33.6 Å². The molecule has 176 valence electrons. The van der Waals surface area contributed by atoms with Crippen LogP contribution in [0, 0.1) is 5.82 Å². The Labute approximate surface area is 190 Å². The standard InChI is InChI=1S/C22H23FN2O7S/c1-31-22(28)16-7-3-4-8-18(16)24-20(26)14-32-21(27)15-9-10-17(23)19(13-15)33(29,30)25-11-5-2-6-12-25/h3-4,7-10,13H,2,5-6,11-12,14H2,1H3,(H,24,26). The summed E-state index contributed by atoms with van der Waals surface area (Å²) in [5.41, 5.74) is 0.0719. The summed E-state index contributed by atoms with van der Waals surface area (Å²) < 4.78 is 50.7. The smallest absolute Gasteiger partial charge is 0.339 e. The van der Waals surface area contributed by atoms with Gasteiger partial charge in [-0.3, -0.25) is 4.79 Å². The van der Waals surface area contributed by atoms with Gasteiger partial charge in [-0.1, -0.05) is 18.6 Å². The number of para-hydroxylation sites is 1. The number of benzene rings is 2. The fourth-order valence-electron chi connectivity index (χ4n) is 3.35. The van der Waals surface area contributed by atoms with E-state index < -0.39 is 45.2 Å². The molecule has 0 spiro atoms. The Balaban J connectivity index is 1.68. The summed E-state index contributed by atoms with van der Waals surface area (Å²) >= 11 is 0. The Morgan fingerprint density at radius 1 is 1.03 bits per heavy atom. The first-order valence-electron chi connectivity index (χ1n) is 10.2. The monoisotopic (exact) mass is 478 g/mol. The van der Waals surface area contributed by atoms with E-state index in [-0.39, 0.29) is 29.9 Å². The van der Waals surface area contributed by atoms with Crippen molar-refractivity contribution in [2.75, 3.05) is 32.1 Å². The van der Waals surface area contributed by atoms with Gasteiger partial charge >= 0.3 is 11.9 Å². The quantitative estimate of drug-likeness (QED) is 0.608. The van der Waals surface area contributed by atoms with Crippen LogP contribution in [0.4, 0.5) is 10.1 Å². The van der Waals surface area contributed by atoms with Gasteiger partial charge in [0.1, 0.15) is 10.7 Å². The molecule has 0 aliphatic carbocycles. The van der Waals surface area contributed by atoms with Crippen molar-refractivity contribution < 1.29 is 36.7 Å². The highest BCUT2D eigenvalue weighted by molar-refractivity contribution is 7.89. The number of hydrogen-bond donors (Lipinski definition) is 1. The van der Waals surface area contributed by atoms with Crippen molar-refractivity contribution in [3.8, 4) is 0 Å². The van der Waals surface area contributed by atoms with Crippen LogP contribution >= 0.6 is 0 Å². The van der Waals surface area contributed by atoms with Crippen LogP contribution in [-0.2, 0) is 24.3 Å². The minimum absolute atomic E-state index is 0.116. The van der Waals surface area contributed by atoms with Crippen LogP contribution in [0.25, 0.3) is 0 Å². The second-order valence-corrected chi connectivity index (χ2v) is 9.18. The molecule has 3 rings (SSSR count). The topological polar surface area (TPSA) is 119 Å². The van der Waals surface area contributed by atoms with Crippen LogP contribution in [-0.4, -0.2) is 57.4 Å². The van der Waals surface area contributed by atoms with E-state index in [1.54, 1.807) is 12.1 Å². The zero-order valence-electron chi connectivity index (χ0n) is 17.9. The third-order valence-corrected chi connectivity index (χ3v) is 6.95. The molecule has 1 fully saturated rings. The molecule has 0 radical (unpaired) electrons. The fraction of sp³-hybridized carbons (Fsp3) is 0.318. The number of nitrogens with zero attached hydrogens (tertiary/aromatic N) is 1. The predicted octanol–water partition coefficient (Wildman–Crippen LogP) is 2.58. The number of nitrogens with one attached hydrogen (secondary N) is 1. The number of methoxy groups -OCH3 is 1. The largest absolute Gasteiger partial charge is 0.465 e. The fourth-order valence-corrected chi connectivity index (χ4v) is 4.96. The summed E-state index contributed by atoms with van der Waals surface area (Å²) in [5.74, 6) is -3.37. The number of piperidine rings is 1. The van der Waals surface area contributed by atoms with E-state index in [4.69, 9.17) is 4.74 Å². The molecule has 0 atom stereocenters. The highest BCUT2D eigenvalue weighted by Gasteiger charge is 2.29. The molecule has 0 bridgehead atoms. The first kappa shape index (κ1) is 24.3. The minimum atomic E-state index is -4.11. The van der Waals surface area contributed by atoms with E-state index in [2.05, 4.69) is 10.1 Å². The summed E-state index contributed by atoms with van der Waals surface area (Å²) in [7, 11) is -2.91. The summed E-state index contributed by atoms with van der Waals surface area (Å²) in [6.07, 6.45) is 2.25. The molecule has 1 N–H and O–H groups in total. The van der Waals surface area contributed by atoms with Crippen LogP contribution in [0.1, 0.15) is 40.0 Å². The van der Waals surface area contributed by atoms with E-state index in [9.17, 15) is 27.2 Å². The Kier molecular flexibility index (Phi) is 7.77. The van der Waals surface area contributed by atoms with Gasteiger partial charge in [-0.05, 0) is 43.2 Å². The van der Waals surface area contributed by atoms with Gasteiger partial charge in [0.25, 0.3) is 5.91 Å². The number of halogens is 1. The number of ether oxygens (including phenoxy) is 2. The molecule has 33 heavy (non-hydrogen) atoms. The first-order valence-corrected chi connectivity index (χ1v) is 11.6. The summed E-state index contributed by atoms with van der Waals surface area (Å²) in [5, 5.41) is 2.44. The normalized spacial score (nSPS) is 14.4. The van der Waals surface area contributed by atoms with Gasteiger partial charge < -0.3 is 14.8 Å². The van der Waals surface area contributed by atoms with Gasteiger partial charge in [0.05, 0.1) is 23.9 Å². The van der Waals surface area contributed by atoms with Gasteiger partial charge in [0.2, 0.25) is 10.0 Å². The lowest BCUT2D eigenvalue weighted by molar-refractivity contribution is -0.119. The van der Waals surface area contributed by atoms with Crippen LogP contribution in [0.15, 0.2) is 47.4 Å². The number of carbonyl (C=O) groups is 3. The van der Waals surface area contributed by atoms with Crippen LogP contribution in [0.3, 0.4) is 0 Å². The zero-order valence-corrected chi connectivity index (χ0v) is 18.7. The number of esters is 2. The van der Waals surface area contributed by atoms with E-state index in [0.29, 0.717) is 12.8 Å². The maximum Gasteiger partial charge on any atom is 0.339 e. The van der Waals surface area contributed by atoms with Gasteiger partial charge in [-0.25, -0.2) is 22.4 Å². The molecular formula is C22H23FN2O7S. The number of carbonyl (C=O) groups excluding carboxylic acids is 3. The van der Waals surface area contributed by atoms with Crippen molar-refractivity contribution in [2.45, 2.75) is 24.2 Å². The SMILES string of the molecule is COC(=O)c1ccccc1NC(=O)COC(=O)c1ccc(F)c(S(=O)(=O)N2CCCCC2)c1. The third-order valence-electron chi connectivity index (χ3n) is 5.04. The van der Waals surface area contributed by atoms with Crippen LogP contribution < -0.4 is 5.32 Å². The number of amides is 1. The minimum Gasteiger partial charge on any atom is -0.465 e. The van der Waals surface area contributed by atoms with Crippen LogP contribution in [0.5, 0.6) is 0 Å². The maximum absolute atomic E-state index is 14.3. The van der Waals surface area contributed by atoms with Crippen molar-refractivity contribution in [2.24, 2.45) is 0 Å². The maximum atomic E-state index is 14.3. The highest BCUT2D eigenvalue weighted by atomic mass is 32.2. The summed E-state index contributed by atoms with van der Waals surface area (Å²) in [4.78, 5) is 35.7. The van der Waals surface area contributed by atoms with E-state index in [0.717, 1.165) is 24.6 Å². The van der Waals surface area contributed by atoms with Gasteiger partial charge in [0.15, 0.2) is 6.61 Å². The molecule has 1 aliphatic rings. The number of sulfonamides is 1. The van der Waals surface area contributed by atoms with E-state index >= 15 is 0 Å². The molecule has 2 aromatic carbocycles. The molecule has 0 unspecified atom stereocenters. The predicted molar refractivity (Wildman–Crippen MR) is 116 cm³/mol. The average molecular weight is 478 g/mol. The van der Waals surface area contributed by atoms with Crippen molar-refractivity contribution in [1.29, 1.82) is 0 Å². The molecule has 9 nitrogen and oxygen atoms in total. The molecule has 1 aliphatic heterocycles. The molecule has 1 amide bonds. The second kappa shape index (κ2) is 10.5. The van der Waals surface area contributed by atoms with E-state index in [1.807, 2.05) is 0 Å². The molecule has 2 aromatic rings. The highest BCUT2D eigenvalue weighted by Crippen LogP contribution is 2.24. The number of hydrogen-bond acceptors (Lipinski definition) is 7. The second-order valence-electron chi connectivity index (χ2n) is 7.27. The molecular weight excluding hydrogens is 455 g/mol.